The summed E-state index contributed by atoms with van der Waals surface area (Å²) in [6.45, 7) is -0.0528. The van der Waals surface area contributed by atoms with Gasteiger partial charge in [0.1, 0.15) is 5.82 Å². The third kappa shape index (κ3) is 5.04. The summed E-state index contributed by atoms with van der Waals surface area (Å²) in [4.78, 5) is 43.0. The smallest absolute Gasteiger partial charge is 0.346 e. The summed E-state index contributed by atoms with van der Waals surface area (Å²) in [5.41, 5.74) is -0.530. The highest BCUT2D eigenvalue weighted by Crippen LogP contribution is 2.11. The van der Waals surface area contributed by atoms with E-state index in [0.717, 1.165) is 14.8 Å². The van der Waals surface area contributed by atoms with Gasteiger partial charge in [-0.15, -0.1) is 0 Å². The lowest BCUT2D eigenvalue weighted by Crippen LogP contribution is -2.46. The van der Waals surface area contributed by atoms with Crippen LogP contribution in [0.3, 0.4) is 0 Å². The van der Waals surface area contributed by atoms with E-state index in [2.05, 4.69) is 15.4 Å². The van der Waals surface area contributed by atoms with Crippen molar-refractivity contribution in [3.05, 3.63) is 122 Å². The number of carbonyl (C=O) groups excluding carboxylic acids is 1. The van der Waals surface area contributed by atoms with Gasteiger partial charge in [-0.1, -0.05) is 29.8 Å². The minimum Gasteiger partial charge on any atom is -0.346 e. The van der Waals surface area contributed by atoms with Crippen LogP contribution in [-0.4, -0.2) is 25.2 Å². The second kappa shape index (κ2) is 9.58. The first kappa shape index (κ1) is 22.1. The topological polar surface area (TPSA) is 98.9 Å². The van der Waals surface area contributed by atoms with Gasteiger partial charge < -0.3 is 5.32 Å². The van der Waals surface area contributed by atoms with Gasteiger partial charge in [0.2, 0.25) is 5.69 Å². The van der Waals surface area contributed by atoms with Crippen molar-refractivity contribution in [2.45, 2.75) is 13.1 Å². The molecular weight excluding hydrogens is 449 g/mol. The molecule has 0 fully saturated rings. The predicted octanol–water partition coefficient (Wildman–Crippen LogP) is 2.56. The summed E-state index contributed by atoms with van der Waals surface area (Å²) in [6.07, 6.45) is 3.18. The molecule has 10 heteroatoms. The molecule has 8 nitrogen and oxygen atoms in total. The van der Waals surface area contributed by atoms with Crippen molar-refractivity contribution in [3.63, 3.8) is 0 Å². The maximum Gasteiger partial charge on any atom is 0.352 e. The number of rotatable bonds is 6. The van der Waals surface area contributed by atoms with Crippen LogP contribution in [0, 0.1) is 5.82 Å². The monoisotopic (exact) mass is 465 g/mol. The highest BCUT2D eigenvalue weighted by molar-refractivity contribution is 6.30. The highest BCUT2D eigenvalue weighted by atomic mass is 35.5. The van der Waals surface area contributed by atoms with Gasteiger partial charge in [-0.2, -0.15) is 9.78 Å². The number of benzene rings is 2. The average Bonchev–Trinajstić information content (AvgIpc) is 2.83. The molecule has 2 aromatic heterocycles. The van der Waals surface area contributed by atoms with E-state index in [0.29, 0.717) is 16.3 Å². The molecule has 0 bridgehead atoms. The fraction of sp³-hybridized carbons (Fsp3) is 0.0870. The molecular formula is C23H17ClFN5O3. The zero-order valence-corrected chi connectivity index (χ0v) is 17.9. The lowest BCUT2D eigenvalue weighted by molar-refractivity contribution is 0.0941. The number of carbonyl (C=O) groups is 1. The van der Waals surface area contributed by atoms with Crippen LogP contribution in [0.25, 0.3) is 5.69 Å². The van der Waals surface area contributed by atoms with Gasteiger partial charge in [0.05, 0.1) is 12.2 Å². The molecule has 4 aromatic rings. The number of amides is 1. The van der Waals surface area contributed by atoms with Gasteiger partial charge >= 0.3 is 5.69 Å². The summed E-state index contributed by atoms with van der Waals surface area (Å²) in [5.74, 6) is -1.20. The first-order valence-corrected chi connectivity index (χ1v) is 10.2. The Labute approximate surface area is 191 Å². The van der Waals surface area contributed by atoms with Crippen molar-refractivity contribution in [1.29, 1.82) is 0 Å². The zero-order valence-electron chi connectivity index (χ0n) is 17.1. The zero-order chi connectivity index (χ0) is 23.4. The predicted molar refractivity (Wildman–Crippen MR) is 120 cm³/mol. The van der Waals surface area contributed by atoms with E-state index in [1.54, 1.807) is 48.8 Å². The molecule has 2 heterocycles. The van der Waals surface area contributed by atoms with Crippen molar-refractivity contribution in [1.82, 2.24) is 24.6 Å². The van der Waals surface area contributed by atoms with Gasteiger partial charge in [-0.25, -0.2) is 9.18 Å². The summed E-state index contributed by atoms with van der Waals surface area (Å²) < 4.78 is 15.1. The first-order valence-electron chi connectivity index (χ1n) is 9.84. The van der Waals surface area contributed by atoms with Crippen LogP contribution in [0.15, 0.2) is 82.6 Å². The van der Waals surface area contributed by atoms with E-state index < -0.39 is 28.7 Å². The molecule has 0 aliphatic rings. The summed E-state index contributed by atoms with van der Waals surface area (Å²) in [5, 5.41) is 7.11. The normalized spacial score (nSPS) is 10.7. The quantitative estimate of drug-likeness (QED) is 0.472. The molecule has 0 unspecified atom stereocenters. The van der Waals surface area contributed by atoms with Crippen LogP contribution in [-0.2, 0) is 13.1 Å². The fourth-order valence-electron chi connectivity index (χ4n) is 3.09. The molecule has 0 atom stereocenters. The lowest BCUT2D eigenvalue weighted by Gasteiger charge is -2.12. The van der Waals surface area contributed by atoms with E-state index in [1.165, 1.54) is 24.3 Å². The minimum atomic E-state index is -0.863. The second-order valence-electron chi connectivity index (χ2n) is 7.08. The Balaban J connectivity index is 1.77. The summed E-state index contributed by atoms with van der Waals surface area (Å²) in [7, 11) is 0. The Morgan fingerprint density at radius 3 is 2.39 bits per heavy atom. The molecule has 166 valence electrons. The van der Waals surface area contributed by atoms with Crippen LogP contribution in [0.2, 0.25) is 5.02 Å². The largest absolute Gasteiger partial charge is 0.352 e. The molecule has 1 amide bonds. The third-order valence-corrected chi connectivity index (χ3v) is 5.03. The SMILES string of the molecule is O=C(NCc1cccnc1)c1nn(-c2ccc(Cl)cc2)c(=O)n(Cc2ccc(F)cc2)c1=O. The van der Waals surface area contributed by atoms with Gasteiger partial charge in [0.25, 0.3) is 11.5 Å². The number of halogens is 2. The standard InChI is InChI=1S/C23H17ClFN5O3/c24-17-5-9-19(10-6-17)30-23(33)29(14-15-3-7-18(25)8-4-15)22(32)20(28-30)21(31)27-13-16-2-1-11-26-12-16/h1-12H,13-14H2,(H,27,31). The lowest BCUT2D eigenvalue weighted by atomic mass is 10.2. The molecule has 0 aliphatic carbocycles. The summed E-state index contributed by atoms with van der Waals surface area (Å²) in [6, 6.07) is 15.0. The second-order valence-corrected chi connectivity index (χ2v) is 7.52. The van der Waals surface area contributed by atoms with Crippen molar-refractivity contribution in [3.8, 4) is 5.69 Å². The maximum absolute atomic E-state index is 13.3. The number of hydrogen-bond acceptors (Lipinski definition) is 5. The number of pyridine rings is 1. The van der Waals surface area contributed by atoms with Crippen LogP contribution in [0.4, 0.5) is 4.39 Å². The van der Waals surface area contributed by atoms with Crippen molar-refractivity contribution in [2.24, 2.45) is 0 Å². The molecule has 33 heavy (non-hydrogen) atoms. The van der Waals surface area contributed by atoms with E-state index in [9.17, 15) is 18.8 Å². The van der Waals surface area contributed by atoms with E-state index in [-0.39, 0.29) is 13.1 Å². The number of hydrogen-bond donors (Lipinski definition) is 1. The Bertz CT molecular complexity index is 1400. The molecule has 0 aliphatic heterocycles. The van der Waals surface area contributed by atoms with Crippen LogP contribution in [0.5, 0.6) is 0 Å². The van der Waals surface area contributed by atoms with E-state index in [1.807, 2.05) is 0 Å². The van der Waals surface area contributed by atoms with Crippen molar-refractivity contribution in [2.75, 3.05) is 0 Å². The Hall–Kier alpha value is -4.11. The van der Waals surface area contributed by atoms with Gasteiger partial charge in [-0.3, -0.25) is 19.1 Å². The van der Waals surface area contributed by atoms with Gasteiger partial charge in [-0.05, 0) is 53.6 Å². The molecule has 2 aromatic carbocycles. The third-order valence-electron chi connectivity index (χ3n) is 4.78. The first-order chi connectivity index (χ1) is 15.9. The average molecular weight is 466 g/mol. The van der Waals surface area contributed by atoms with Crippen molar-refractivity contribution >= 4 is 17.5 Å². The van der Waals surface area contributed by atoms with Crippen molar-refractivity contribution < 1.29 is 9.18 Å². The summed E-state index contributed by atoms with van der Waals surface area (Å²) >= 11 is 5.93. The van der Waals surface area contributed by atoms with Crippen LogP contribution in [0.1, 0.15) is 21.6 Å². The Kier molecular flexibility index (Phi) is 6.41. The van der Waals surface area contributed by atoms with E-state index in [4.69, 9.17) is 11.6 Å². The van der Waals surface area contributed by atoms with Crippen LogP contribution < -0.4 is 16.6 Å². The number of nitrogens with zero attached hydrogens (tertiary/aromatic N) is 4. The van der Waals surface area contributed by atoms with Crippen LogP contribution >= 0.6 is 11.6 Å². The van der Waals surface area contributed by atoms with E-state index >= 15 is 0 Å². The molecule has 0 radical (unpaired) electrons. The van der Waals surface area contributed by atoms with Gasteiger partial charge in [0.15, 0.2) is 0 Å². The molecule has 0 spiro atoms. The number of aromatic nitrogens is 4. The number of nitrogens with one attached hydrogen (secondary N) is 1. The molecule has 4 rings (SSSR count). The Morgan fingerprint density at radius 1 is 1.00 bits per heavy atom. The highest BCUT2D eigenvalue weighted by Gasteiger charge is 2.20. The molecule has 0 saturated heterocycles. The fourth-order valence-corrected chi connectivity index (χ4v) is 3.21. The molecule has 1 N–H and O–H groups in total. The minimum absolute atomic E-state index is 0.117. The molecule has 0 saturated carbocycles. The van der Waals surface area contributed by atoms with Gasteiger partial charge in [0, 0.05) is 24.0 Å². The maximum atomic E-state index is 13.3. The Morgan fingerprint density at radius 2 is 1.73 bits per heavy atom.